The smallest absolute Gasteiger partial charge is 0.229 e. The molecule has 0 bridgehead atoms. The highest BCUT2D eigenvalue weighted by Crippen LogP contribution is 2.20. The van der Waals surface area contributed by atoms with Crippen molar-refractivity contribution < 1.29 is 4.79 Å². The van der Waals surface area contributed by atoms with Crippen molar-refractivity contribution >= 4 is 22.6 Å². The zero-order chi connectivity index (χ0) is 14.2. The predicted molar refractivity (Wildman–Crippen MR) is 77.1 cm³/mol. The van der Waals surface area contributed by atoms with Crippen molar-refractivity contribution in [2.45, 2.75) is 34.6 Å². The summed E-state index contributed by atoms with van der Waals surface area (Å²) in [4.78, 5) is 20.9. The van der Waals surface area contributed by atoms with Gasteiger partial charge < -0.3 is 5.32 Å². The normalized spacial score (nSPS) is 11.6. The number of hydrogen-bond donors (Lipinski definition) is 1. The highest BCUT2D eigenvalue weighted by atomic mass is 16.2. The van der Waals surface area contributed by atoms with Gasteiger partial charge in [-0.25, -0.2) is 9.97 Å². The summed E-state index contributed by atoms with van der Waals surface area (Å²) in [5, 5.41) is 2.90. The van der Waals surface area contributed by atoms with E-state index in [1.165, 1.54) is 0 Å². The molecule has 1 N–H and O–H groups in total. The second-order valence-corrected chi connectivity index (χ2v) is 5.80. The predicted octanol–water partition coefficient (Wildman–Crippen LogP) is 3.23. The van der Waals surface area contributed by atoms with Crippen molar-refractivity contribution in [3.05, 3.63) is 29.6 Å². The minimum atomic E-state index is -0.413. The Kier molecular flexibility index (Phi) is 3.27. The lowest BCUT2D eigenvalue weighted by molar-refractivity contribution is -0.123. The van der Waals surface area contributed by atoms with Gasteiger partial charge >= 0.3 is 0 Å². The minimum absolute atomic E-state index is 0.0105. The molecule has 1 amide bonds. The summed E-state index contributed by atoms with van der Waals surface area (Å²) in [7, 11) is 0. The number of amides is 1. The van der Waals surface area contributed by atoms with Gasteiger partial charge in [-0.2, -0.15) is 0 Å². The highest BCUT2D eigenvalue weighted by molar-refractivity contribution is 5.96. The molecule has 0 atom stereocenters. The molecule has 2 aromatic rings. The number of nitrogens with zero attached hydrogens (tertiary/aromatic N) is 2. The first-order chi connectivity index (χ1) is 8.77. The van der Waals surface area contributed by atoms with Crippen molar-refractivity contribution in [1.29, 1.82) is 0 Å². The van der Waals surface area contributed by atoms with Crippen LogP contribution in [0, 0.1) is 19.3 Å². The van der Waals surface area contributed by atoms with Crippen LogP contribution in [0.15, 0.2) is 18.2 Å². The summed E-state index contributed by atoms with van der Waals surface area (Å²) >= 11 is 0. The van der Waals surface area contributed by atoms with Gasteiger partial charge in [-0.3, -0.25) is 4.79 Å². The van der Waals surface area contributed by atoms with Gasteiger partial charge in [-0.05, 0) is 32.0 Å². The fourth-order valence-electron chi connectivity index (χ4n) is 1.63. The number of aromatic nitrogens is 2. The van der Waals surface area contributed by atoms with Crippen LogP contribution in [0.4, 0.5) is 5.69 Å². The molecule has 0 saturated carbocycles. The number of aryl methyl sites for hydroxylation is 2. The number of anilines is 1. The number of benzene rings is 1. The van der Waals surface area contributed by atoms with Crippen LogP contribution < -0.4 is 5.32 Å². The molecule has 4 nitrogen and oxygen atoms in total. The van der Waals surface area contributed by atoms with Gasteiger partial charge in [-0.1, -0.05) is 20.8 Å². The number of nitrogens with one attached hydrogen (secondary N) is 1. The molecule has 4 heteroatoms. The van der Waals surface area contributed by atoms with E-state index in [1.54, 1.807) is 0 Å². The molecule has 0 aliphatic rings. The molecule has 0 radical (unpaired) electrons. The Labute approximate surface area is 113 Å². The molecule has 0 saturated heterocycles. The largest absolute Gasteiger partial charge is 0.326 e. The van der Waals surface area contributed by atoms with Crippen LogP contribution >= 0.6 is 0 Å². The zero-order valence-corrected chi connectivity index (χ0v) is 12.0. The fraction of sp³-hybridized carbons (Fsp3) is 0.400. The van der Waals surface area contributed by atoms with Gasteiger partial charge in [0, 0.05) is 11.1 Å². The first kappa shape index (κ1) is 13.5. The summed E-state index contributed by atoms with van der Waals surface area (Å²) in [5.41, 5.74) is 3.83. The lowest BCUT2D eigenvalue weighted by Gasteiger charge is -2.17. The van der Waals surface area contributed by atoms with Crippen molar-refractivity contribution in [2.24, 2.45) is 5.41 Å². The van der Waals surface area contributed by atoms with Gasteiger partial charge in [0.05, 0.1) is 22.4 Å². The fourth-order valence-corrected chi connectivity index (χ4v) is 1.63. The Hall–Kier alpha value is -1.97. The average molecular weight is 257 g/mol. The van der Waals surface area contributed by atoms with Gasteiger partial charge in [0.25, 0.3) is 0 Å². The van der Waals surface area contributed by atoms with Crippen molar-refractivity contribution in [2.75, 3.05) is 5.32 Å². The van der Waals surface area contributed by atoms with Gasteiger partial charge in [0.15, 0.2) is 0 Å². The van der Waals surface area contributed by atoms with Gasteiger partial charge in [0.1, 0.15) is 0 Å². The maximum absolute atomic E-state index is 11.9. The third kappa shape index (κ3) is 2.89. The third-order valence-electron chi connectivity index (χ3n) is 3.01. The van der Waals surface area contributed by atoms with E-state index < -0.39 is 5.41 Å². The van der Waals surface area contributed by atoms with Crippen molar-refractivity contribution in [1.82, 2.24) is 9.97 Å². The summed E-state index contributed by atoms with van der Waals surface area (Å²) in [5.74, 6) is -0.0105. The maximum atomic E-state index is 11.9. The number of fused-ring (bicyclic) bond motifs is 1. The molecule has 0 unspecified atom stereocenters. The summed E-state index contributed by atoms with van der Waals surface area (Å²) < 4.78 is 0. The van der Waals surface area contributed by atoms with Crippen LogP contribution in [0.25, 0.3) is 11.0 Å². The van der Waals surface area contributed by atoms with E-state index in [9.17, 15) is 4.79 Å². The maximum Gasteiger partial charge on any atom is 0.229 e. The topological polar surface area (TPSA) is 54.9 Å². The van der Waals surface area contributed by atoms with E-state index in [-0.39, 0.29) is 5.91 Å². The Morgan fingerprint density at radius 1 is 1.05 bits per heavy atom. The van der Waals surface area contributed by atoms with E-state index in [1.807, 2.05) is 52.8 Å². The SMILES string of the molecule is Cc1nc2ccc(NC(=O)C(C)(C)C)cc2nc1C. The molecular formula is C15H19N3O. The molecule has 0 spiro atoms. The molecule has 0 fully saturated rings. The molecule has 2 rings (SSSR count). The van der Waals surface area contributed by atoms with Crippen LogP contribution in [-0.2, 0) is 4.79 Å². The van der Waals surface area contributed by atoms with Gasteiger partial charge in [0.2, 0.25) is 5.91 Å². The quantitative estimate of drug-likeness (QED) is 0.853. The van der Waals surface area contributed by atoms with E-state index in [0.29, 0.717) is 0 Å². The summed E-state index contributed by atoms with van der Waals surface area (Å²) in [6.45, 7) is 9.53. The monoisotopic (exact) mass is 257 g/mol. The average Bonchev–Trinajstić information content (AvgIpc) is 2.29. The molecular weight excluding hydrogens is 238 g/mol. The van der Waals surface area contributed by atoms with Crippen molar-refractivity contribution in [3.63, 3.8) is 0 Å². The van der Waals surface area contributed by atoms with Crippen molar-refractivity contribution in [3.8, 4) is 0 Å². The molecule has 100 valence electrons. The zero-order valence-electron chi connectivity index (χ0n) is 12.0. The number of rotatable bonds is 1. The summed E-state index contributed by atoms with van der Waals surface area (Å²) in [6, 6.07) is 5.60. The second-order valence-electron chi connectivity index (χ2n) is 5.80. The lowest BCUT2D eigenvalue weighted by atomic mass is 9.95. The Bertz CT molecular complexity index is 642. The second kappa shape index (κ2) is 4.61. The number of carbonyl (C=O) groups excluding carboxylic acids is 1. The molecule has 0 aliphatic carbocycles. The lowest BCUT2D eigenvalue weighted by Crippen LogP contribution is -2.27. The minimum Gasteiger partial charge on any atom is -0.326 e. The highest BCUT2D eigenvalue weighted by Gasteiger charge is 2.21. The Balaban J connectivity index is 2.37. The van der Waals surface area contributed by atoms with E-state index in [0.717, 1.165) is 28.1 Å². The van der Waals surface area contributed by atoms with Crippen LogP contribution in [0.2, 0.25) is 0 Å². The third-order valence-corrected chi connectivity index (χ3v) is 3.01. The molecule has 1 aromatic heterocycles. The van der Waals surface area contributed by atoms with E-state index in [4.69, 9.17) is 0 Å². The first-order valence-corrected chi connectivity index (χ1v) is 6.34. The van der Waals surface area contributed by atoms with E-state index in [2.05, 4.69) is 15.3 Å². The van der Waals surface area contributed by atoms with Crippen LogP contribution in [0.3, 0.4) is 0 Å². The summed E-state index contributed by atoms with van der Waals surface area (Å²) in [6.07, 6.45) is 0. The Morgan fingerprint density at radius 2 is 1.63 bits per heavy atom. The molecule has 0 aliphatic heterocycles. The van der Waals surface area contributed by atoms with Crippen LogP contribution in [0.1, 0.15) is 32.2 Å². The molecule has 19 heavy (non-hydrogen) atoms. The molecule has 1 aromatic carbocycles. The van der Waals surface area contributed by atoms with E-state index >= 15 is 0 Å². The number of hydrogen-bond acceptors (Lipinski definition) is 3. The Morgan fingerprint density at radius 3 is 2.21 bits per heavy atom. The van der Waals surface area contributed by atoms with Crippen LogP contribution in [-0.4, -0.2) is 15.9 Å². The first-order valence-electron chi connectivity index (χ1n) is 6.34. The molecule has 1 heterocycles. The standard InChI is InChI=1S/C15H19N3O/c1-9-10(2)17-13-8-11(6-7-12(13)16-9)18-14(19)15(3,4)5/h6-8H,1-5H3,(H,18,19). The van der Waals surface area contributed by atoms with Gasteiger partial charge in [-0.15, -0.1) is 0 Å². The van der Waals surface area contributed by atoms with Crippen LogP contribution in [0.5, 0.6) is 0 Å². The number of carbonyl (C=O) groups is 1.